The molecule has 1 aliphatic carbocycles. The molecule has 1 fully saturated rings. The summed E-state index contributed by atoms with van der Waals surface area (Å²) in [6.07, 6.45) is 5.15. The number of ether oxygens (including phenoxy) is 1. The highest BCUT2D eigenvalue weighted by atomic mass is 79.9. The van der Waals surface area contributed by atoms with E-state index in [4.69, 9.17) is 17.0 Å². The van der Waals surface area contributed by atoms with Gasteiger partial charge in [-0.05, 0) is 71.5 Å². The number of halogens is 1. The Labute approximate surface area is 147 Å². The van der Waals surface area contributed by atoms with Crippen molar-refractivity contribution in [3.8, 4) is 5.75 Å². The molecule has 3 nitrogen and oxygen atoms in total. The molecule has 0 heterocycles. The van der Waals surface area contributed by atoms with Crippen LogP contribution >= 0.6 is 28.1 Å². The molecule has 5 heteroatoms. The molecule has 2 rings (SSSR count). The van der Waals surface area contributed by atoms with Crippen LogP contribution in [0.1, 0.15) is 51.1 Å². The van der Waals surface area contributed by atoms with Crippen molar-refractivity contribution < 1.29 is 4.74 Å². The van der Waals surface area contributed by atoms with Gasteiger partial charge in [0.1, 0.15) is 5.75 Å². The molecule has 0 amide bonds. The minimum absolute atomic E-state index is 0.154. The second-order valence-corrected chi connectivity index (χ2v) is 7.36. The van der Waals surface area contributed by atoms with Crippen LogP contribution in [0, 0.1) is 5.92 Å². The lowest BCUT2D eigenvalue weighted by Gasteiger charge is -2.31. The van der Waals surface area contributed by atoms with Gasteiger partial charge < -0.3 is 15.4 Å². The molecule has 0 aliphatic heterocycles. The molecule has 0 radical (unpaired) electrons. The molecule has 1 saturated carbocycles. The first-order valence-corrected chi connectivity index (χ1v) is 9.12. The fraction of sp³-hybridized carbons (Fsp3) is 0.588. The molecular weight excluding hydrogens is 360 g/mol. The quantitative estimate of drug-likeness (QED) is 0.745. The zero-order valence-electron chi connectivity index (χ0n) is 13.5. The number of rotatable bonds is 4. The number of hydrogen-bond acceptors (Lipinski definition) is 2. The Hall–Kier alpha value is -0.810. The fourth-order valence-electron chi connectivity index (χ4n) is 2.97. The van der Waals surface area contributed by atoms with E-state index < -0.39 is 0 Å². The standard InChI is InChI=1S/C17H25BrN2OS/c1-11-6-4-5-7-15(11)20-17(22)19-12(2)13-8-9-16(21-3)14(18)10-13/h8-12,15H,4-7H2,1-3H3,(H2,19,20,22)/t11-,12+,15+/m1/s1. The van der Waals surface area contributed by atoms with E-state index in [0.717, 1.165) is 15.3 Å². The Morgan fingerprint density at radius 2 is 2.09 bits per heavy atom. The maximum absolute atomic E-state index is 5.49. The zero-order chi connectivity index (χ0) is 16.1. The summed E-state index contributed by atoms with van der Waals surface area (Å²) in [7, 11) is 1.67. The minimum atomic E-state index is 0.154. The van der Waals surface area contributed by atoms with E-state index >= 15 is 0 Å². The molecule has 0 unspecified atom stereocenters. The first kappa shape index (κ1) is 17.5. The number of hydrogen-bond donors (Lipinski definition) is 2. The third kappa shape index (κ3) is 4.59. The Bertz CT molecular complexity index is 523. The average Bonchev–Trinajstić information content (AvgIpc) is 2.49. The summed E-state index contributed by atoms with van der Waals surface area (Å²) in [6.45, 7) is 4.43. The molecule has 1 aliphatic rings. The van der Waals surface area contributed by atoms with Crippen LogP contribution in [-0.4, -0.2) is 18.3 Å². The van der Waals surface area contributed by atoms with Gasteiger partial charge in [-0.15, -0.1) is 0 Å². The molecule has 0 spiro atoms. The molecule has 2 N–H and O–H groups in total. The van der Waals surface area contributed by atoms with Crippen LogP contribution in [0.3, 0.4) is 0 Å². The lowest BCUT2D eigenvalue weighted by Crippen LogP contribution is -2.46. The Kier molecular flexibility index (Phi) is 6.50. The molecule has 0 bridgehead atoms. The van der Waals surface area contributed by atoms with Gasteiger partial charge in [-0.2, -0.15) is 0 Å². The van der Waals surface area contributed by atoms with E-state index in [9.17, 15) is 0 Å². The molecule has 3 atom stereocenters. The lowest BCUT2D eigenvalue weighted by atomic mass is 9.86. The Morgan fingerprint density at radius 3 is 2.73 bits per heavy atom. The summed E-state index contributed by atoms with van der Waals surface area (Å²) in [5, 5.41) is 7.63. The molecule has 0 saturated heterocycles. The van der Waals surface area contributed by atoms with Gasteiger partial charge >= 0.3 is 0 Å². The maximum atomic E-state index is 5.49. The summed E-state index contributed by atoms with van der Waals surface area (Å²) >= 11 is 9.01. The van der Waals surface area contributed by atoms with Crippen molar-refractivity contribution in [3.05, 3.63) is 28.2 Å². The van der Waals surface area contributed by atoms with Gasteiger partial charge in [-0.25, -0.2) is 0 Å². The van der Waals surface area contributed by atoms with Crippen molar-refractivity contribution in [1.82, 2.24) is 10.6 Å². The summed E-state index contributed by atoms with van der Waals surface area (Å²) < 4.78 is 6.23. The van der Waals surface area contributed by atoms with E-state index in [-0.39, 0.29) is 6.04 Å². The summed E-state index contributed by atoms with van der Waals surface area (Å²) in [5.74, 6) is 1.53. The van der Waals surface area contributed by atoms with E-state index in [1.54, 1.807) is 7.11 Å². The second kappa shape index (κ2) is 8.16. The van der Waals surface area contributed by atoms with Crippen LogP contribution in [-0.2, 0) is 0 Å². The average molecular weight is 385 g/mol. The van der Waals surface area contributed by atoms with E-state index in [2.05, 4.69) is 52.5 Å². The van der Waals surface area contributed by atoms with Gasteiger partial charge in [0.15, 0.2) is 5.11 Å². The van der Waals surface area contributed by atoms with Gasteiger partial charge in [-0.3, -0.25) is 0 Å². The molecule has 122 valence electrons. The van der Waals surface area contributed by atoms with Gasteiger partial charge in [0, 0.05) is 6.04 Å². The molecular formula is C17H25BrN2OS. The third-order valence-corrected chi connectivity index (χ3v) is 5.31. The van der Waals surface area contributed by atoms with Crippen molar-refractivity contribution in [2.45, 2.75) is 51.6 Å². The molecule has 22 heavy (non-hydrogen) atoms. The van der Waals surface area contributed by atoms with Crippen LogP contribution in [0.5, 0.6) is 5.75 Å². The second-order valence-electron chi connectivity index (χ2n) is 6.10. The first-order chi connectivity index (χ1) is 10.5. The van der Waals surface area contributed by atoms with Crippen LogP contribution < -0.4 is 15.4 Å². The van der Waals surface area contributed by atoms with Crippen LogP contribution in [0.25, 0.3) is 0 Å². The number of thiocarbonyl (C=S) groups is 1. The van der Waals surface area contributed by atoms with Crippen molar-refractivity contribution in [3.63, 3.8) is 0 Å². The highest BCUT2D eigenvalue weighted by Gasteiger charge is 2.22. The Morgan fingerprint density at radius 1 is 1.36 bits per heavy atom. The molecule has 1 aromatic carbocycles. The molecule has 1 aromatic rings. The van der Waals surface area contributed by atoms with Crippen molar-refractivity contribution in [2.24, 2.45) is 5.92 Å². The van der Waals surface area contributed by atoms with Crippen molar-refractivity contribution >= 4 is 33.3 Å². The predicted octanol–water partition coefficient (Wildman–Crippen LogP) is 4.56. The fourth-order valence-corrected chi connectivity index (χ4v) is 3.86. The lowest BCUT2D eigenvalue weighted by molar-refractivity contribution is 0.307. The summed E-state index contributed by atoms with van der Waals surface area (Å²) in [6, 6.07) is 6.76. The monoisotopic (exact) mass is 384 g/mol. The van der Waals surface area contributed by atoms with Crippen LogP contribution in [0.15, 0.2) is 22.7 Å². The van der Waals surface area contributed by atoms with Crippen LogP contribution in [0.4, 0.5) is 0 Å². The third-order valence-electron chi connectivity index (χ3n) is 4.45. The van der Waals surface area contributed by atoms with Gasteiger partial charge in [0.25, 0.3) is 0 Å². The number of methoxy groups -OCH3 is 1. The number of nitrogens with one attached hydrogen (secondary N) is 2. The summed E-state index contributed by atoms with van der Waals surface area (Å²) in [4.78, 5) is 0. The largest absolute Gasteiger partial charge is 0.496 e. The minimum Gasteiger partial charge on any atom is -0.496 e. The Balaban J connectivity index is 1.91. The maximum Gasteiger partial charge on any atom is 0.166 e. The van der Waals surface area contributed by atoms with Crippen molar-refractivity contribution in [2.75, 3.05) is 7.11 Å². The van der Waals surface area contributed by atoms with Gasteiger partial charge in [0.2, 0.25) is 0 Å². The predicted molar refractivity (Wildman–Crippen MR) is 99.4 cm³/mol. The highest BCUT2D eigenvalue weighted by Crippen LogP contribution is 2.28. The first-order valence-electron chi connectivity index (χ1n) is 7.91. The topological polar surface area (TPSA) is 33.3 Å². The normalized spacial score (nSPS) is 22.7. The smallest absolute Gasteiger partial charge is 0.166 e. The SMILES string of the molecule is COc1ccc([C@H](C)NC(=S)N[C@H]2CCCC[C@H]2C)cc1Br. The van der Waals surface area contributed by atoms with E-state index in [1.807, 2.05) is 6.07 Å². The zero-order valence-corrected chi connectivity index (χ0v) is 15.9. The van der Waals surface area contributed by atoms with Crippen LogP contribution in [0.2, 0.25) is 0 Å². The van der Waals surface area contributed by atoms with Gasteiger partial charge in [0.05, 0.1) is 17.6 Å². The van der Waals surface area contributed by atoms with E-state index in [1.165, 1.54) is 31.2 Å². The number of benzene rings is 1. The van der Waals surface area contributed by atoms with Gasteiger partial charge in [-0.1, -0.05) is 25.8 Å². The molecule has 0 aromatic heterocycles. The summed E-state index contributed by atoms with van der Waals surface area (Å²) in [5.41, 5.74) is 1.17. The van der Waals surface area contributed by atoms with Crippen molar-refractivity contribution in [1.29, 1.82) is 0 Å². The highest BCUT2D eigenvalue weighted by molar-refractivity contribution is 9.10. The van der Waals surface area contributed by atoms with E-state index in [0.29, 0.717) is 12.0 Å².